The topological polar surface area (TPSA) is 81.4 Å². The van der Waals surface area contributed by atoms with Crippen LogP contribution in [0.5, 0.6) is 5.75 Å². The average Bonchev–Trinajstić information content (AvgIpc) is 2.45. The molecule has 0 fully saturated rings. The Balaban J connectivity index is 2.03. The molecule has 2 aromatic rings. The van der Waals surface area contributed by atoms with Gasteiger partial charge in [-0.1, -0.05) is 23.7 Å². The van der Waals surface area contributed by atoms with Crippen LogP contribution in [0.1, 0.15) is 15.9 Å². The van der Waals surface area contributed by atoms with Crippen LogP contribution in [0.4, 0.5) is 11.4 Å². The van der Waals surface area contributed by atoms with E-state index in [0.717, 1.165) is 0 Å². The fourth-order valence-electron chi connectivity index (χ4n) is 2.11. The van der Waals surface area contributed by atoms with Crippen molar-refractivity contribution in [3.63, 3.8) is 0 Å². The van der Waals surface area contributed by atoms with Crippen LogP contribution in [-0.2, 0) is 4.79 Å². The number of nitrogens with one attached hydrogen (secondary N) is 1. The van der Waals surface area contributed by atoms with Crippen LogP contribution in [0, 0.1) is 0 Å². The molecule has 21 heavy (non-hydrogen) atoms. The van der Waals surface area contributed by atoms with Gasteiger partial charge in [0.15, 0.2) is 12.4 Å². The minimum absolute atomic E-state index is 0.0828. The minimum Gasteiger partial charge on any atom is -0.482 e. The lowest BCUT2D eigenvalue weighted by Crippen LogP contribution is -2.25. The average molecular weight is 303 g/mol. The van der Waals surface area contributed by atoms with Crippen molar-refractivity contribution in [2.45, 2.75) is 0 Å². The van der Waals surface area contributed by atoms with E-state index in [-0.39, 0.29) is 23.3 Å². The summed E-state index contributed by atoms with van der Waals surface area (Å²) in [5.41, 5.74) is 7.38. The highest BCUT2D eigenvalue weighted by molar-refractivity contribution is 6.35. The normalized spacial score (nSPS) is 13.1. The summed E-state index contributed by atoms with van der Waals surface area (Å²) >= 11 is 6.13. The maximum atomic E-state index is 12.5. The standard InChI is InChI=1S/C15H11ClN2O3/c16-11-6-12-13(21-7-14(19)18-12)5-10(11)15(20)8-2-1-3-9(17)4-8/h1-6H,7,17H2,(H,18,19). The number of benzene rings is 2. The molecule has 1 aliphatic heterocycles. The fraction of sp³-hybridized carbons (Fsp3) is 0.0667. The second-order valence-corrected chi connectivity index (χ2v) is 5.03. The van der Waals surface area contributed by atoms with Crippen molar-refractivity contribution < 1.29 is 14.3 Å². The number of anilines is 2. The van der Waals surface area contributed by atoms with Crippen LogP contribution in [0.15, 0.2) is 36.4 Å². The second kappa shape index (κ2) is 5.10. The molecule has 6 heteroatoms. The molecule has 1 aliphatic rings. The zero-order chi connectivity index (χ0) is 15.0. The van der Waals surface area contributed by atoms with E-state index >= 15 is 0 Å². The summed E-state index contributed by atoms with van der Waals surface area (Å²) in [7, 11) is 0. The van der Waals surface area contributed by atoms with Crippen LogP contribution < -0.4 is 15.8 Å². The van der Waals surface area contributed by atoms with Gasteiger partial charge in [0, 0.05) is 16.8 Å². The first-order chi connectivity index (χ1) is 10.0. The first-order valence-electron chi connectivity index (χ1n) is 6.21. The predicted molar refractivity (Wildman–Crippen MR) is 79.9 cm³/mol. The van der Waals surface area contributed by atoms with Crippen LogP contribution >= 0.6 is 11.6 Å². The van der Waals surface area contributed by atoms with Crippen molar-refractivity contribution in [3.05, 3.63) is 52.5 Å². The molecule has 1 amide bonds. The van der Waals surface area contributed by atoms with Gasteiger partial charge < -0.3 is 15.8 Å². The third-order valence-electron chi connectivity index (χ3n) is 3.10. The van der Waals surface area contributed by atoms with Crippen molar-refractivity contribution >= 4 is 34.7 Å². The molecule has 0 aromatic heterocycles. The summed E-state index contributed by atoms with van der Waals surface area (Å²) in [5.74, 6) is -0.0877. The van der Waals surface area contributed by atoms with Gasteiger partial charge in [-0.05, 0) is 24.3 Å². The Hall–Kier alpha value is -2.53. The smallest absolute Gasteiger partial charge is 0.262 e. The molecule has 2 aromatic carbocycles. The molecule has 5 nitrogen and oxygen atoms in total. The quantitative estimate of drug-likeness (QED) is 0.659. The van der Waals surface area contributed by atoms with E-state index in [2.05, 4.69) is 5.32 Å². The Morgan fingerprint density at radius 1 is 1.29 bits per heavy atom. The van der Waals surface area contributed by atoms with Crippen LogP contribution in [0.3, 0.4) is 0 Å². The van der Waals surface area contributed by atoms with E-state index in [4.69, 9.17) is 22.1 Å². The number of amides is 1. The van der Waals surface area contributed by atoms with E-state index < -0.39 is 0 Å². The summed E-state index contributed by atoms with van der Waals surface area (Å²) in [6.07, 6.45) is 0. The van der Waals surface area contributed by atoms with Crippen LogP contribution in [-0.4, -0.2) is 18.3 Å². The fourth-order valence-corrected chi connectivity index (χ4v) is 2.36. The number of nitrogen functional groups attached to an aromatic ring is 1. The molecule has 0 bridgehead atoms. The molecule has 0 aliphatic carbocycles. The van der Waals surface area contributed by atoms with E-state index in [9.17, 15) is 9.59 Å². The first-order valence-corrected chi connectivity index (χ1v) is 6.59. The van der Waals surface area contributed by atoms with Crippen molar-refractivity contribution in [2.75, 3.05) is 17.7 Å². The number of rotatable bonds is 2. The molecule has 3 rings (SSSR count). The maximum absolute atomic E-state index is 12.5. The van der Waals surface area contributed by atoms with Crippen LogP contribution in [0.2, 0.25) is 5.02 Å². The maximum Gasteiger partial charge on any atom is 0.262 e. The van der Waals surface area contributed by atoms with Gasteiger partial charge in [0.05, 0.1) is 10.7 Å². The highest BCUT2D eigenvalue weighted by atomic mass is 35.5. The lowest BCUT2D eigenvalue weighted by molar-refractivity contribution is -0.118. The van der Waals surface area contributed by atoms with E-state index in [1.54, 1.807) is 24.3 Å². The van der Waals surface area contributed by atoms with E-state index in [1.165, 1.54) is 12.1 Å². The molecule has 0 atom stereocenters. The van der Waals surface area contributed by atoms with Gasteiger partial charge in [-0.3, -0.25) is 9.59 Å². The highest BCUT2D eigenvalue weighted by Gasteiger charge is 2.21. The number of ether oxygens (including phenoxy) is 1. The molecular formula is C15H11ClN2O3. The third kappa shape index (κ3) is 2.55. The number of carbonyl (C=O) groups excluding carboxylic acids is 2. The number of carbonyl (C=O) groups is 2. The van der Waals surface area contributed by atoms with Gasteiger partial charge in [-0.2, -0.15) is 0 Å². The summed E-state index contributed by atoms with van der Waals surface area (Å²) in [5, 5.41) is 2.88. The van der Waals surface area contributed by atoms with Gasteiger partial charge in [0.2, 0.25) is 0 Å². The van der Waals surface area contributed by atoms with Crippen molar-refractivity contribution in [2.24, 2.45) is 0 Å². The number of ketones is 1. The van der Waals surface area contributed by atoms with Gasteiger partial charge in [-0.25, -0.2) is 0 Å². The Morgan fingerprint density at radius 3 is 2.86 bits per heavy atom. The van der Waals surface area contributed by atoms with E-state index in [0.29, 0.717) is 28.3 Å². The monoisotopic (exact) mass is 302 g/mol. The van der Waals surface area contributed by atoms with E-state index in [1.807, 2.05) is 0 Å². The highest BCUT2D eigenvalue weighted by Crippen LogP contribution is 2.34. The Labute approximate surface area is 125 Å². The summed E-state index contributed by atoms with van der Waals surface area (Å²) in [6.45, 7) is -0.0828. The van der Waals surface area contributed by atoms with Crippen molar-refractivity contribution in [1.29, 1.82) is 0 Å². The minimum atomic E-state index is -0.256. The lowest BCUT2D eigenvalue weighted by atomic mass is 10.0. The SMILES string of the molecule is Nc1cccc(C(=O)c2cc3c(cc2Cl)NC(=O)CO3)c1. The number of halogens is 1. The molecule has 1 heterocycles. The zero-order valence-electron chi connectivity index (χ0n) is 10.9. The third-order valence-corrected chi connectivity index (χ3v) is 3.41. The largest absolute Gasteiger partial charge is 0.482 e. The number of hydrogen-bond donors (Lipinski definition) is 2. The molecule has 0 radical (unpaired) electrons. The number of fused-ring (bicyclic) bond motifs is 1. The zero-order valence-corrected chi connectivity index (χ0v) is 11.6. The predicted octanol–water partition coefficient (Wildman–Crippen LogP) is 2.48. The molecule has 106 valence electrons. The molecule has 0 unspecified atom stereocenters. The molecule has 0 saturated heterocycles. The molecular weight excluding hydrogens is 292 g/mol. The summed E-state index contributed by atoms with van der Waals surface area (Å²) in [4.78, 5) is 23.7. The number of hydrogen-bond acceptors (Lipinski definition) is 4. The van der Waals surface area contributed by atoms with Gasteiger partial charge >= 0.3 is 0 Å². The molecule has 0 saturated carbocycles. The Bertz CT molecular complexity index is 759. The molecule has 0 spiro atoms. The van der Waals surface area contributed by atoms with Crippen molar-refractivity contribution in [1.82, 2.24) is 0 Å². The van der Waals surface area contributed by atoms with Gasteiger partial charge in [0.1, 0.15) is 5.75 Å². The molecule has 3 N–H and O–H groups in total. The van der Waals surface area contributed by atoms with Crippen LogP contribution in [0.25, 0.3) is 0 Å². The van der Waals surface area contributed by atoms with Crippen molar-refractivity contribution in [3.8, 4) is 5.75 Å². The lowest BCUT2D eigenvalue weighted by Gasteiger charge is -2.19. The Kier molecular flexibility index (Phi) is 3.27. The van der Waals surface area contributed by atoms with Gasteiger partial charge in [-0.15, -0.1) is 0 Å². The number of nitrogens with two attached hydrogens (primary N) is 1. The Morgan fingerprint density at radius 2 is 2.10 bits per heavy atom. The first kappa shape index (κ1) is 13.5. The summed E-state index contributed by atoms with van der Waals surface area (Å²) in [6, 6.07) is 9.68. The second-order valence-electron chi connectivity index (χ2n) is 4.62. The summed E-state index contributed by atoms with van der Waals surface area (Å²) < 4.78 is 5.29. The van der Waals surface area contributed by atoms with Gasteiger partial charge in [0.25, 0.3) is 5.91 Å².